The SMILES string of the molecule is CNc1ncc(F)c(N2CCc3ccc(F)cc32)n1. The molecule has 19 heavy (non-hydrogen) atoms. The van der Waals surface area contributed by atoms with Gasteiger partial charge in [0.05, 0.1) is 6.20 Å². The summed E-state index contributed by atoms with van der Waals surface area (Å²) in [6.45, 7) is 0.579. The van der Waals surface area contributed by atoms with E-state index < -0.39 is 5.82 Å². The van der Waals surface area contributed by atoms with Crippen molar-refractivity contribution in [2.24, 2.45) is 0 Å². The predicted octanol–water partition coefficient (Wildman–Crippen LogP) is 2.49. The molecule has 1 aliphatic heterocycles. The maximum absolute atomic E-state index is 13.9. The number of fused-ring (bicyclic) bond motifs is 1. The van der Waals surface area contributed by atoms with Gasteiger partial charge in [-0.05, 0) is 24.1 Å². The second-order valence-electron chi connectivity index (χ2n) is 4.29. The summed E-state index contributed by atoms with van der Waals surface area (Å²) < 4.78 is 27.2. The Morgan fingerprint density at radius 3 is 2.95 bits per heavy atom. The van der Waals surface area contributed by atoms with E-state index >= 15 is 0 Å². The van der Waals surface area contributed by atoms with Gasteiger partial charge < -0.3 is 10.2 Å². The van der Waals surface area contributed by atoms with Gasteiger partial charge >= 0.3 is 0 Å². The van der Waals surface area contributed by atoms with Crippen LogP contribution in [0.1, 0.15) is 5.56 Å². The van der Waals surface area contributed by atoms with Gasteiger partial charge in [0.25, 0.3) is 0 Å². The van der Waals surface area contributed by atoms with E-state index in [9.17, 15) is 8.78 Å². The summed E-state index contributed by atoms with van der Waals surface area (Å²) in [5.74, 6) is -0.352. The van der Waals surface area contributed by atoms with Crippen LogP contribution in [0.4, 0.5) is 26.2 Å². The van der Waals surface area contributed by atoms with Gasteiger partial charge in [0.1, 0.15) is 5.82 Å². The molecule has 0 atom stereocenters. The molecule has 98 valence electrons. The van der Waals surface area contributed by atoms with E-state index in [1.165, 1.54) is 12.1 Å². The second kappa shape index (κ2) is 4.46. The monoisotopic (exact) mass is 262 g/mol. The van der Waals surface area contributed by atoms with E-state index in [4.69, 9.17) is 0 Å². The molecule has 6 heteroatoms. The first kappa shape index (κ1) is 11.8. The number of nitrogens with zero attached hydrogens (tertiary/aromatic N) is 3. The van der Waals surface area contributed by atoms with Crippen molar-refractivity contribution in [3.05, 3.63) is 41.6 Å². The highest BCUT2D eigenvalue weighted by molar-refractivity contribution is 5.68. The van der Waals surface area contributed by atoms with Gasteiger partial charge in [-0.25, -0.2) is 13.8 Å². The fraction of sp³-hybridized carbons (Fsp3) is 0.231. The summed E-state index contributed by atoms with van der Waals surface area (Å²) >= 11 is 0. The Morgan fingerprint density at radius 1 is 1.32 bits per heavy atom. The molecule has 1 aromatic carbocycles. The molecule has 1 aromatic heterocycles. The van der Waals surface area contributed by atoms with Gasteiger partial charge in [-0.2, -0.15) is 4.98 Å². The lowest BCUT2D eigenvalue weighted by molar-refractivity contribution is 0.611. The summed E-state index contributed by atoms with van der Waals surface area (Å²) in [5.41, 5.74) is 1.66. The normalized spacial score (nSPS) is 13.5. The molecule has 0 fully saturated rings. The lowest BCUT2D eigenvalue weighted by atomic mass is 10.2. The van der Waals surface area contributed by atoms with Crippen LogP contribution in [-0.4, -0.2) is 23.6 Å². The fourth-order valence-electron chi connectivity index (χ4n) is 2.24. The average Bonchev–Trinajstić information content (AvgIpc) is 2.82. The summed E-state index contributed by atoms with van der Waals surface area (Å²) in [6, 6.07) is 4.55. The van der Waals surface area contributed by atoms with Gasteiger partial charge in [-0.3, -0.25) is 0 Å². The number of aromatic nitrogens is 2. The summed E-state index contributed by atoms with van der Waals surface area (Å²) in [5, 5.41) is 2.76. The van der Waals surface area contributed by atoms with Gasteiger partial charge in [0.15, 0.2) is 11.6 Å². The van der Waals surface area contributed by atoms with Crippen LogP contribution in [0.25, 0.3) is 0 Å². The summed E-state index contributed by atoms with van der Waals surface area (Å²) in [4.78, 5) is 9.59. The third-order valence-corrected chi connectivity index (χ3v) is 3.15. The van der Waals surface area contributed by atoms with Crippen LogP contribution < -0.4 is 10.2 Å². The number of anilines is 3. The molecule has 0 radical (unpaired) electrons. The van der Waals surface area contributed by atoms with Crippen LogP contribution >= 0.6 is 0 Å². The zero-order valence-electron chi connectivity index (χ0n) is 10.3. The minimum atomic E-state index is -0.517. The van der Waals surface area contributed by atoms with E-state index in [0.717, 1.165) is 18.2 Å². The van der Waals surface area contributed by atoms with Crippen LogP contribution in [0.3, 0.4) is 0 Å². The lowest BCUT2D eigenvalue weighted by Crippen LogP contribution is -2.17. The minimum absolute atomic E-state index is 0.170. The number of benzene rings is 1. The molecule has 0 spiro atoms. The number of hydrogen-bond acceptors (Lipinski definition) is 4. The molecule has 2 heterocycles. The maximum Gasteiger partial charge on any atom is 0.224 e. The quantitative estimate of drug-likeness (QED) is 0.902. The molecular weight excluding hydrogens is 250 g/mol. The predicted molar refractivity (Wildman–Crippen MR) is 68.6 cm³/mol. The second-order valence-corrected chi connectivity index (χ2v) is 4.29. The van der Waals surface area contributed by atoms with Crippen molar-refractivity contribution in [3.63, 3.8) is 0 Å². The Labute approximate surface area is 109 Å². The molecule has 3 rings (SSSR count). The molecule has 1 N–H and O–H groups in total. The van der Waals surface area contributed by atoms with Crippen molar-refractivity contribution in [3.8, 4) is 0 Å². The van der Waals surface area contributed by atoms with Crippen molar-refractivity contribution in [1.29, 1.82) is 0 Å². The smallest absolute Gasteiger partial charge is 0.224 e. The lowest BCUT2D eigenvalue weighted by Gasteiger charge is -2.19. The van der Waals surface area contributed by atoms with Crippen molar-refractivity contribution >= 4 is 17.5 Å². The van der Waals surface area contributed by atoms with Crippen LogP contribution in [0.2, 0.25) is 0 Å². The highest BCUT2D eigenvalue weighted by Gasteiger charge is 2.24. The number of halogens is 2. The summed E-state index contributed by atoms with van der Waals surface area (Å²) in [7, 11) is 1.66. The Bertz CT molecular complexity index is 630. The van der Waals surface area contributed by atoms with Gasteiger partial charge in [-0.15, -0.1) is 0 Å². The van der Waals surface area contributed by atoms with Crippen molar-refractivity contribution < 1.29 is 8.78 Å². The van der Waals surface area contributed by atoms with E-state index in [-0.39, 0.29) is 11.6 Å². The fourth-order valence-corrected chi connectivity index (χ4v) is 2.24. The van der Waals surface area contributed by atoms with Crippen molar-refractivity contribution in [2.75, 3.05) is 23.8 Å². The number of nitrogens with one attached hydrogen (secondary N) is 1. The standard InChI is InChI=1S/C13H12F2N4/c1-16-13-17-7-10(15)12(18-13)19-5-4-8-2-3-9(14)6-11(8)19/h2-3,6-7H,4-5H2,1H3,(H,16,17,18). The molecule has 0 amide bonds. The van der Waals surface area contributed by atoms with Crippen LogP contribution in [0.5, 0.6) is 0 Å². The largest absolute Gasteiger partial charge is 0.357 e. The van der Waals surface area contributed by atoms with Crippen LogP contribution in [-0.2, 0) is 6.42 Å². The third-order valence-electron chi connectivity index (χ3n) is 3.15. The zero-order valence-corrected chi connectivity index (χ0v) is 10.3. The molecule has 2 aromatic rings. The van der Waals surface area contributed by atoms with Crippen LogP contribution in [0.15, 0.2) is 24.4 Å². The van der Waals surface area contributed by atoms with Gasteiger partial charge in [0.2, 0.25) is 5.95 Å². The van der Waals surface area contributed by atoms with E-state index in [1.54, 1.807) is 18.0 Å². The zero-order chi connectivity index (χ0) is 13.4. The van der Waals surface area contributed by atoms with E-state index in [0.29, 0.717) is 18.2 Å². The number of hydrogen-bond donors (Lipinski definition) is 1. The van der Waals surface area contributed by atoms with Gasteiger partial charge in [0, 0.05) is 19.3 Å². The molecule has 0 bridgehead atoms. The van der Waals surface area contributed by atoms with Crippen molar-refractivity contribution in [1.82, 2.24) is 9.97 Å². The summed E-state index contributed by atoms with van der Waals surface area (Å²) in [6.07, 6.45) is 1.86. The maximum atomic E-state index is 13.9. The first-order valence-electron chi connectivity index (χ1n) is 5.95. The Morgan fingerprint density at radius 2 is 2.16 bits per heavy atom. The van der Waals surface area contributed by atoms with E-state index in [1.807, 2.05) is 0 Å². The molecule has 0 saturated heterocycles. The topological polar surface area (TPSA) is 41.1 Å². The average molecular weight is 262 g/mol. The highest BCUT2D eigenvalue weighted by Crippen LogP contribution is 2.35. The third kappa shape index (κ3) is 1.99. The molecule has 1 aliphatic rings. The minimum Gasteiger partial charge on any atom is -0.357 e. The first-order valence-corrected chi connectivity index (χ1v) is 5.95. The molecule has 0 aliphatic carbocycles. The highest BCUT2D eigenvalue weighted by atomic mass is 19.1. The molecular formula is C13H12F2N4. The van der Waals surface area contributed by atoms with E-state index in [2.05, 4.69) is 15.3 Å². The molecule has 0 saturated carbocycles. The van der Waals surface area contributed by atoms with Crippen LogP contribution in [0, 0.1) is 11.6 Å². The van der Waals surface area contributed by atoms with Crippen molar-refractivity contribution in [2.45, 2.75) is 6.42 Å². The Balaban J connectivity index is 2.08. The Kier molecular flexibility index (Phi) is 2.77. The first-order chi connectivity index (χ1) is 9.19. The molecule has 4 nitrogen and oxygen atoms in total. The Hall–Kier alpha value is -2.24. The number of rotatable bonds is 2. The molecule has 0 unspecified atom stereocenters. The van der Waals surface area contributed by atoms with Gasteiger partial charge in [-0.1, -0.05) is 6.07 Å².